The molecule has 138 valence electrons. The summed E-state index contributed by atoms with van der Waals surface area (Å²) in [4.78, 5) is 25.4. The van der Waals surface area contributed by atoms with E-state index in [0.717, 1.165) is 24.8 Å². The number of hydrogen-bond donors (Lipinski definition) is 1. The minimum atomic E-state index is -0.408. The first-order chi connectivity index (χ1) is 12.4. The Labute approximate surface area is 155 Å². The SMILES string of the molecule is Cn1nc(NC(=O)N2CCC(Cc3ccc(F)c(Cl)c3)CC2)ccc1=O. The van der Waals surface area contributed by atoms with Crippen molar-refractivity contribution >= 4 is 23.4 Å². The van der Waals surface area contributed by atoms with Gasteiger partial charge < -0.3 is 4.90 Å². The lowest BCUT2D eigenvalue weighted by atomic mass is 9.90. The molecule has 2 amide bonds. The van der Waals surface area contributed by atoms with Gasteiger partial charge in [-0.25, -0.2) is 13.9 Å². The highest BCUT2D eigenvalue weighted by atomic mass is 35.5. The molecule has 3 rings (SSSR count). The second-order valence-electron chi connectivity index (χ2n) is 6.49. The topological polar surface area (TPSA) is 67.2 Å². The molecule has 1 saturated heterocycles. The molecule has 1 aromatic heterocycles. The predicted molar refractivity (Wildman–Crippen MR) is 97.9 cm³/mol. The molecule has 1 aliphatic rings. The van der Waals surface area contributed by atoms with Crippen LogP contribution < -0.4 is 10.9 Å². The Morgan fingerprint density at radius 2 is 2.04 bits per heavy atom. The standard InChI is InChI=1S/C18H20ClFN4O2/c1-23-17(25)5-4-16(22-23)21-18(26)24-8-6-12(7-9-24)10-13-2-3-15(20)14(19)11-13/h2-5,11-12H,6-10H2,1H3,(H,21,22,26). The number of carbonyl (C=O) groups is 1. The molecule has 0 radical (unpaired) electrons. The minimum Gasteiger partial charge on any atom is -0.324 e. The van der Waals surface area contributed by atoms with E-state index in [2.05, 4.69) is 10.4 Å². The average molecular weight is 379 g/mol. The van der Waals surface area contributed by atoms with Gasteiger partial charge in [-0.2, -0.15) is 5.10 Å². The molecular formula is C18H20ClFN4O2. The average Bonchev–Trinajstić information content (AvgIpc) is 2.62. The number of likely N-dealkylation sites (tertiary alicyclic amines) is 1. The first kappa shape index (κ1) is 18.4. The lowest BCUT2D eigenvalue weighted by Crippen LogP contribution is -2.41. The largest absolute Gasteiger partial charge is 0.324 e. The van der Waals surface area contributed by atoms with E-state index >= 15 is 0 Å². The Hall–Kier alpha value is -2.41. The Morgan fingerprint density at radius 3 is 2.69 bits per heavy atom. The van der Waals surface area contributed by atoms with Gasteiger partial charge in [0.25, 0.3) is 5.56 Å². The van der Waals surface area contributed by atoms with Crippen molar-refractivity contribution in [2.24, 2.45) is 13.0 Å². The third-order valence-electron chi connectivity index (χ3n) is 4.61. The van der Waals surface area contributed by atoms with Crippen LogP contribution in [0.15, 0.2) is 35.1 Å². The highest BCUT2D eigenvalue weighted by molar-refractivity contribution is 6.30. The van der Waals surface area contributed by atoms with Crippen LogP contribution in [0.1, 0.15) is 18.4 Å². The van der Waals surface area contributed by atoms with Crippen molar-refractivity contribution in [3.8, 4) is 0 Å². The van der Waals surface area contributed by atoms with E-state index in [9.17, 15) is 14.0 Å². The molecule has 1 N–H and O–H groups in total. The van der Waals surface area contributed by atoms with E-state index in [4.69, 9.17) is 11.6 Å². The lowest BCUT2D eigenvalue weighted by Gasteiger charge is -2.32. The molecule has 1 fully saturated rings. The van der Waals surface area contributed by atoms with Crippen molar-refractivity contribution in [2.75, 3.05) is 18.4 Å². The maximum absolute atomic E-state index is 13.2. The first-order valence-corrected chi connectivity index (χ1v) is 8.84. The number of anilines is 1. The van der Waals surface area contributed by atoms with E-state index in [-0.39, 0.29) is 16.6 Å². The number of urea groups is 1. The van der Waals surface area contributed by atoms with Crippen molar-refractivity contribution in [3.63, 3.8) is 0 Å². The van der Waals surface area contributed by atoms with Gasteiger partial charge in [0.1, 0.15) is 5.82 Å². The summed E-state index contributed by atoms with van der Waals surface area (Å²) < 4.78 is 14.4. The van der Waals surface area contributed by atoms with Crippen molar-refractivity contribution in [2.45, 2.75) is 19.3 Å². The molecule has 6 nitrogen and oxygen atoms in total. The van der Waals surface area contributed by atoms with Gasteiger partial charge >= 0.3 is 6.03 Å². The van der Waals surface area contributed by atoms with Crippen LogP contribution in [-0.2, 0) is 13.5 Å². The molecule has 0 unspecified atom stereocenters. The zero-order valence-electron chi connectivity index (χ0n) is 14.4. The van der Waals surface area contributed by atoms with E-state index in [1.165, 1.54) is 29.9 Å². The number of nitrogens with zero attached hydrogens (tertiary/aromatic N) is 3. The molecule has 2 aromatic rings. The van der Waals surface area contributed by atoms with Crippen LogP contribution in [0.2, 0.25) is 5.02 Å². The van der Waals surface area contributed by atoms with Crippen LogP contribution in [0.3, 0.4) is 0 Å². The molecule has 8 heteroatoms. The summed E-state index contributed by atoms with van der Waals surface area (Å²) in [5, 5.41) is 6.85. The van der Waals surface area contributed by atoms with Crippen molar-refractivity contribution in [1.82, 2.24) is 14.7 Å². The molecule has 1 aliphatic heterocycles. The van der Waals surface area contributed by atoms with Gasteiger partial charge in [-0.15, -0.1) is 0 Å². The minimum absolute atomic E-state index is 0.143. The Morgan fingerprint density at radius 1 is 1.31 bits per heavy atom. The fourth-order valence-electron chi connectivity index (χ4n) is 3.10. The third kappa shape index (κ3) is 4.40. The summed E-state index contributed by atoms with van der Waals surface area (Å²) >= 11 is 5.83. The summed E-state index contributed by atoms with van der Waals surface area (Å²) in [5.74, 6) is 0.366. The molecule has 0 aliphatic carbocycles. The van der Waals surface area contributed by atoms with E-state index in [0.29, 0.717) is 24.8 Å². The maximum atomic E-state index is 13.2. The van der Waals surface area contributed by atoms with Gasteiger partial charge in [-0.3, -0.25) is 10.1 Å². The number of rotatable bonds is 3. The number of hydrogen-bond acceptors (Lipinski definition) is 3. The highest BCUT2D eigenvalue weighted by Gasteiger charge is 2.23. The number of piperidine rings is 1. The van der Waals surface area contributed by atoms with Gasteiger partial charge in [-0.1, -0.05) is 17.7 Å². The zero-order chi connectivity index (χ0) is 18.7. The zero-order valence-corrected chi connectivity index (χ0v) is 15.2. The second-order valence-corrected chi connectivity index (χ2v) is 6.90. The smallest absolute Gasteiger partial charge is 0.323 e. The second kappa shape index (κ2) is 7.86. The van der Waals surface area contributed by atoms with Crippen LogP contribution in [0.4, 0.5) is 15.0 Å². The van der Waals surface area contributed by atoms with Gasteiger partial charge in [-0.05, 0) is 48.9 Å². The summed E-state index contributed by atoms with van der Waals surface area (Å²) in [6, 6.07) is 7.45. The molecule has 0 saturated carbocycles. The summed E-state index contributed by atoms with van der Waals surface area (Å²) in [6.07, 6.45) is 2.55. The molecule has 26 heavy (non-hydrogen) atoms. The number of aromatic nitrogens is 2. The number of nitrogens with one attached hydrogen (secondary N) is 1. The Balaban J connectivity index is 1.52. The van der Waals surface area contributed by atoms with Gasteiger partial charge in [0, 0.05) is 26.2 Å². The number of halogens is 2. The Kier molecular flexibility index (Phi) is 5.56. The van der Waals surface area contributed by atoms with Gasteiger partial charge in [0.05, 0.1) is 5.02 Å². The summed E-state index contributed by atoms with van der Waals surface area (Å²) in [5.41, 5.74) is 0.776. The van der Waals surface area contributed by atoms with Crippen LogP contribution in [-0.4, -0.2) is 33.8 Å². The number of amides is 2. The molecule has 2 heterocycles. The number of carbonyl (C=O) groups excluding carboxylic acids is 1. The van der Waals surface area contributed by atoms with E-state index < -0.39 is 5.82 Å². The van der Waals surface area contributed by atoms with Crippen LogP contribution in [0.25, 0.3) is 0 Å². The van der Waals surface area contributed by atoms with Crippen molar-refractivity contribution in [1.29, 1.82) is 0 Å². The van der Waals surface area contributed by atoms with Crippen molar-refractivity contribution < 1.29 is 9.18 Å². The number of aryl methyl sites for hydroxylation is 1. The van der Waals surface area contributed by atoms with Crippen LogP contribution >= 0.6 is 11.6 Å². The molecule has 0 atom stereocenters. The van der Waals surface area contributed by atoms with Gasteiger partial charge in [0.15, 0.2) is 5.82 Å². The molecule has 0 bridgehead atoms. The summed E-state index contributed by atoms with van der Waals surface area (Å²) in [7, 11) is 1.53. The highest BCUT2D eigenvalue weighted by Crippen LogP contribution is 2.24. The normalized spacial score (nSPS) is 15.1. The Bertz CT molecular complexity index is 863. The summed E-state index contributed by atoms with van der Waals surface area (Å²) in [6.45, 7) is 1.27. The third-order valence-corrected chi connectivity index (χ3v) is 4.90. The van der Waals surface area contributed by atoms with E-state index in [1.54, 1.807) is 17.0 Å². The molecule has 0 spiro atoms. The first-order valence-electron chi connectivity index (χ1n) is 8.46. The fourth-order valence-corrected chi connectivity index (χ4v) is 3.30. The fraction of sp³-hybridized carbons (Fsp3) is 0.389. The van der Waals surface area contributed by atoms with Crippen LogP contribution in [0.5, 0.6) is 0 Å². The molecular weight excluding hydrogens is 359 g/mol. The number of benzene rings is 1. The predicted octanol–water partition coefficient (Wildman–Crippen LogP) is 3.06. The van der Waals surface area contributed by atoms with E-state index in [1.807, 2.05) is 0 Å². The molecule has 1 aromatic carbocycles. The quantitative estimate of drug-likeness (QED) is 0.892. The van der Waals surface area contributed by atoms with Crippen molar-refractivity contribution in [3.05, 3.63) is 57.1 Å². The van der Waals surface area contributed by atoms with Crippen LogP contribution in [0, 0.1) is 11.7 Å². The maximum Gasteiger partial charge on any atom is 0.323 e. The van der Waals surface area contributed by atoms with Gasteiger partial charge in [0.2, 0.25) is 0 Å². The lowest BCUT2D eigenvalue weighted by molar-refractivity contribution is 0.182. The monoisotopic (exact) mass is 378 g/mol.